The molecule has 21 heteroatoms. The number of aliphatic hydroxyl groups is 10. The van der Waals surface area contributed by atoms with Gasteiger partial charge in [-0.05, 0) is 99.1 Å². The molecule has 1 saturated heterocycles. The molecule has 75 heavy (non-hydrogen) atoms. The normalized spacial score (nSPS) is 21.5. The second kappa shape index (κ2) is 25.1. The average Bonchev–Trinajstić information content (AvgIpc) is 3.95. The highest BCUT2D eigenvalue weighted by atomic mass is 35.5. The highest BCUT2D eigenvalue weighted by Gasteiger charge is 2.45. The van der Waals surface area contributed by atoms with Crippen molar-refractivity contribution in [3.63, 3.8) is 0 Å². The number of nitrogens with one attached hydrogen (secondary N) is 3. The van der Waals surface area contributed by atoms with Crippen LogP contribution in [-0.2, 0) is 25.2 Å². The minimum atomic E-state index is -1.85. The van der Waals surface area contributed by atoms with Crippen molar-refractivity contribution in [1.29, 1.82) is 0 Å². The number of benzene rings is 2. The molecule has 1 aliphatic carbocycles. The van der Waals surface area contributed by atoms with Gasteiger partial charge in [0.25, 0.3) is 11.8 Å². The Hall–Kier alpha value is -5.49. The molecular formula is C54H71ClN5O15+. The van der Waals surface area contributed by atoms with Gasteiger partial charge < -0.3 is 67.0 Å². The summed E-state index contributed by atoms with van der Waals surface area (Å²) in [6.45, 7) is 6.02. The van der Waals surface area contributed by atoms with Gasteiger partial charge in [0.1, 0.15) is 43.2 Å². The van der Waals surface area contributed by atoms with Gasteiger partial charge in [-0.25, -0.2) is 4.90 Å². The maximum Gasteiger partial charge on any atom is 0.251 e. The Bertz CT molecular complexity index is 2640. The lowest BCUT2D eigenvalue weighted by Gasteiger charge is -2.25. The maximum atomic E-state index is 13.5. The average molecular weight is 1070 g/mol. The van der Waals surface area contributed by atoms with Crippen LogP contribution in [0.3, 0.4) is 0 Å². The van der Waals surface area contributed by atoms with E-state index < -0.39 is 116 Å². The van der Waals surface area contributed by atoms with Gasteiger partial charge in [-0.3, -0.25) is 24.0 Å². The molecule has 0 radical (unpaired) electrons. The summed E-state index contributed by atoms with van der Waals surface area (Å²) in [4.78, 5) is 64.4. The van der Waals surface area contributed by atoms with E-state index >= 15 is 0 Å². The van der Waals surface area contributed by atoms with E-state index in [1.54, 1.807) is 30.3 Å². The summed E-state index contributed by atoms with van der Waals surface area (Å²) < 4.78 is 2.15. The first-order valence-electron chi connectivity index (χ1n) is 25.2. The molecule has 13 N–H and O–H groups in total. The van der Waals surface area contributed by atoms with Gasteiger partial charge in [0.2, 0.25) is 23.4 Å². The lowest BCUT2D eigenvalue weighted by molar-refractivity contribution is -0.438. The van der Waals surface area contributed by atoms with Crippen LogP contribution in [0.4, 0.5) is 11.4 Å². The first-order chi connectivity index (χ1) is 35.4. The molecule has 3 heterocycles. The van der Waals surface area contributed by atoms with Crippen molar-refractivity contribution in [2.45, 2.75) is 145 Å². The molecule has 8 atom stereocenters. The van der Waals surface area contributed by atoms with Gasteiger partial charge in [0, 0.05) is 89.4 Å². The number of allylic oxidation sites excluding steroid dienone is 8. The van der Waals surface area contributed by atoms with E-state index in [0.29, 0.717) is 43.7 Å². The van der Waals surface area contributed by atoms with Crippen LogP contribution in [0, 0.1) is 0 Å². The molecule has 8 unspecified atom stereocenters. The number of amides is 5. The Labute approximate surface area is 440 Å². The summed E-state index contributed by atoms with van der Waals surface area (Å²) >= 11 is 7.20. The van der Waals surface area contributed by atoms with Gasteiger partial charge >= 0.3 is 0 Å². The number of anilines is 1. The van der Waals surface area contributed by atoms with Crippen LogP contribution in [0.2, 0.25) is 0 Å². The maximum absolute atomic E-state index is 13.5. The second-order valence-corrected chi connectivity index (χ2v) is 20.9. The predicted octanol–water partition coefficient (Wildman–Crippen LogP) is 1.08. The number of aliphatic hydroxyl groups excluding tert-OH is 10. The third-order valence-electron chi connectivity index (χ3n) is 14.6. The number of carbonyl (C=O) groups is 5. The van der Waals surface area contributed by atoms with Crippen molar-refractivity contribution >= 4 is 58.2 Å². The van der Waals surface area contributed by atoms with Crippen LogP contribution in [0.5, 0.6) is 0 Å². The Balaban J connectivity index is 1.20. The van der Waals surface area contributed by atoms with Crippen molar-refractivity contribution in [2.75, 3.05) is 38.2 Å². The third kappa shape index (κ3) is 13.2. The largest absolute Gasteiger partial charge is 0.394 e. The zero-order valence-corrected chi connectivity index (χ0v) is 43.3. The molecule has 4 aliphatic rings. The molecule has 408 valence electrons. The molecule has 5 amide bonds. The first kappa shape index (κ1) is 58.8. The first-order valence-corrected chi connectivity index (χ1v) is 25.6. The summed E-state index contributed by atoms with van der Waals surface area (Å²) in [5.41, 5.74) is 6.13. The van der Waals surface area contributed by atoms with Gasteiger partial charge in [-0.1, -0.05) is 37.6 Å². The van der Waals surface area contributed by atoms with Crippen molar-refractivity contribution in [3.05, 3.63) is 105 Å². The monoisotopic (exact) mass is 1060 g/mol. The molecule has 2 aromatic carbocycles. The molecule has 0 aromatic heterocycles. The Morgan fingerprint density at radius 1 is 0.693 bits per heavy atom. The predicted molar refractivity (Wildman–Crippen MR) is 276 cm³/mol. The van der Waals surface area contributed by atoms with E-state index in [1.165, 1.54) is 0 Å². The minimum absolute atomic E-state index is 0.0337. The van der Waals surface area contributed by atoms with Crippen LogP contribution in [-0.4, -0.2) is 177 Å². The summed E-state index contributed by atoms with van der Waals surface area (Å²) in [6.07, 6.45) is -1.98. The highest BCUT2D eigenvalue weighted by molar-refractivity contribution is 6.32. The zero-order valence-electron chi connectivity index (χ0n) is 42.6. The summed E-state index contributed by atoms with van der Waals surface area (Å²) in [6, 6.07) is 10.3. The number of imide groups is 3. The number of carbonyl (C=O) groups excluding carboxylic acids is 5. The fraction of sp³-hybridized carbons (Fsp3) is 0.519. The fourth-order valence-corrected chi connectivity index (χ4v) is 10.1. The third-order valence-corrected chi connectivity index (χ3v) is 15.1. The standard InChI is InChI=1S/C54H70ClN5O15/c1-53(2)33-23-31(51(74)56-25-37(63)47(70)49(72)39(65)27-61)12-16-35(33)58-41(53)18-14-29-9-8-10-30(46(29)55)15-19-42-54(3,4)34-24-32(52(75)57-26-38(64)48(71)50(73)40(66)28-62)13-17-36(34)59(42)22-7-5-6-11-43(67)60-44(68)20-21-45(60)69/h12-19,23-24,37-40,47-50,61-66,70-73H,5-11,20-22,25-28H2,1-4H3,(H2,56,57,74,75)/p+1. The molecule has 0 bridgehead atoms. The molecule has 2 aromatic rings. The number of fused-ring (bicyclic) bond motifs is 2. The number of unbranched alkanes of at least 4 members (excludes halogenated alkanes) is 2. The summed E-state index contributed by atoms with van der Waals surface area (Å²) in [5, 5.41) is 108. The Morgan fingerprint density at radius 3 is 1.81 bits per heavy atom. The molecule has 3 aliphatic heterocycles. The SMILES string of the molecule is CC1(C)C(/C=C/C2=C(Cl)C(=C/C=C3/Nc4ccc(C(=O)NCC(O)C(O)C(O)C(O)CO)cc4C3(C)C)/CCC2)=[N+](CCCCCC(=O)N2C(=O)CCC2=O)c2ccc(C(=O)NCC(O)C(O)C(O)C(O)CO)cc21. The van der Waals surface area contributed by atoms with Crippen molar-refractivity contribution in [3.8, 4) is 0 Å². The zero-order chi connectivity index (χ0) is 55.1. The van der Waals surface area contributed by atoms with Gasteiger partial charge in [0.15, 0.2) is 5.71 Å². The van der Waals surface area contributed by atoms with E-state index in [2.05, 4.69) is 20.5 Å². The molecule has 1 fully saturated rings. The number of hydrogen-bond donors (Lipinski definition) is 13. The van der Waals surface area contributed by atoms with Crippen LogP contribution in [0.15, 0.2) is 82.6 Å². The number of rotatable bonds is 23. The fourth-order valence-electron chi connectivity index (χ4n) is 9.79. The van der Waals surface area contributed by atoms with E-state index in [9.17, 15) is 64.8 Å². The van der Waals surface area contributed by atoms with Crippen LogP contribution in [0.1, 0.15) is 117 Å². The number of likely N-dealkylation sites (tertiary alicyclic amines) is 1. The number of hydrogen-bond acceptors (Lipinski definition) is 16. The van der Waals surface area contributed by atoms with Crippen LogP contribution < -0.4 is 16.0 Å². The Kier molecular flexibility index (Phi) is 19.7. The number of nitrogens with zero attached hydrogens (tertiary/aromatic N) is 2. The van der Waals surface area contributed by atoms with Crippen LogP contribution >= 0.6 is 11.6 Å². The van der Waals surface area contributed by atoms with Gasteiger partial charge in [-0.2, -0.15) is 4.58 Å². The van der Waals surface area contributed by atoms with Crippen LogP contribution in [0.25, 0.3) is 0 Å². The highest BCUT2D eigenvalue weighted by Crippen LogP contribution is 2.45. The van der Waals surface area contributed by atoms with E-state index in [0.717, 1.165) is 56.4 Å². The van der Waals surface area contributed by atoms with Crippen molar-refractivity contribution in [1.82, 2.24) is 15.5 Å². The second-order valence-electron chi connectivity index (χ2n) is 20.5. The topological polar surface area (TPSA) is 330 Å². The van der Waals surface area contributed by atoms with Crippen molar-refractivity contribution < 1.29 is 79.6 Å². The van der Waals surface area contributed by atoms with Crippen molar-refractivity contribution in [2.24, 2.45) is 0 Å². The minimum Gasteiger partial charge on any atom is -0.394 e. The molecule has 6 rings (SSSR count). The summed E-state index contributed by atoms with van der Waals surface area (Å²) in [7, 11) is 0. The Morgan fingerprint density at radius 2 is 1.24 bits per heavy atom. The lowest BCUT2D eigenvalue weighted by atomic mass is 9.80. The smallest absolute Gasteiger partial charge is 0.251 e. The van der Waals surface area contributed by atoms with E-state index in [-0.39, 0.29) is 30.4 Å². The van der Waals surface area contributed by atoms with Gasteiger partial charge in [-0.15, -0.1) is 0 Å². The molecule has 0 saturated carbocycles. The van der Waals surface area contributed by atoms with E-state index in [1.807, 2.05) is 58.1 Å². The molecular weight excluding hydrogens is 994 g/mol. The summed E-state index contributed by atoms with van der Waals surface area (Å²) in [5.74, 6) is -2.56. The van der Waals surface area contributed by atoms with Gasteiger partial charge in [0.05, 0.1) is 30.8 Å². The molecule has 0 spiro atoms. The lowest BCUT2D eigenvalue weighted by Crippen LogP contribution is -2.49. The molecule has 20 nitrogen and oxygen atoms in total. The quantitative estimate of drug-likeness (QED) is 0.0421. The van der Waals surface area contributed by atoms with E-state index in [4.69, 9.17) is 21.8 Å². The number of halogens is 1.